The third-order valence-electron chi connectivity index (χ3n) is 2.70. The zero-order valence-electron chi connectivity index (χ0n) is 8.50. The topological polar surface area (TPSA) is 28.2 Å². The molecule has 1 aromatic rings. The van der Waals surface area contributed by atoms with Crippen molar-refractivity contribution in [1.82, 2.24) is 10.3 Å². The van der Waals surface area contributed by atoms with E-state index in [1.807, 2.05) is 7.05 Å². The fraction of sp³-hybridized carbons (Fsp3) is 0.500. The largest absolute Gasteiger partial charge is 0.355 e. The van der Waals surface area contributed by atoms with Gasteiger partial charge >= 0.3 is 0 Å². The molecule has 1 aliphatic heterocycles. The van der Waals surface area contributed by atoms with Crippen molar-refractivity contribution in [2.75, 3.05) is 18.5 Å². The van der Waals surface area contributed by atoms with Gasteiger partial charge in [-0.25, -0.2) is 9.37 Å². The van der Waals surface area contributed by atoms with Crippen molar-refractivity contribution in [3.05, 3.63) is 22.7 Å². The Morgan fingerprint density at radius 3 is 3.13 bits per heavy atom. The van der Waals surface area contributed by atoms with Crippen LogP contribution in [0.3, 0.4) is 0 Å². The second-order valence-corrected chi connectivity index (χ2v) is 4.36. The van der Waals surface area contributed by atoms with Gasteiger partial charge in [0, 0.05) is 12.6 Å². The number of pyridine rings is 1. The number of halogens is 2. The van der Waals surface area contributed by atoms with Crippen molar-refractivity contribution < 1.29 is 4.39 Å². The Hall–Kier alpha value is -0.680. The average molecular weight is 274 g/mol. The predicted octanol–water partition coefficient (Wildman–Crippen LogP) is 2.13. The molecule has 1 fully saturated rings. The highest BCUT2D eigenvalue weighted by molar-refractivity contribution is 9.10. The normalized spacial score (nSPS) is 21.0. The van der Waals surface area contributed by atoms with Gasteiger partial charge < -0.3 is 10.2 Å². The summed E-state index contributed by atoms with van der Waals surface area (Å²) in [5, 5.41) is 3.21. The zero-order chi connectivity index (χ0) is 10.8. The van der Waals surface area contributed by atoms with E-state index < -0.39 is 0 Å². The summed E-state index contributed by atoms with van der Waals surface area (Å²) in [6.07, 6.45) is 4.22. The fourth-order valence-corrected chi connectivity index (χ4v) is 2.16. The van der Waals surface area contributed by atoms with Crippen LogP contribution in [0.5, 0.6) is 0 Å². The molecule has 1 aliphatic rings. The van der Waals surface area contributed by atoms with Gasteiger partial charge in [0.1, 0.15) is 4.60 Å². The second kappa shape index (κ2) is 4.45. The first-order valence-electron chi connectivity index (χ1n) is 4.97. The van der Waals surface area contributed by atoms with Gasteiger partial charge in [0.05, 0.1) is 18.1 Å². The highest BCUT2D eigenvalue weighted by Gasteiger charge is 2.23. The van der Waals surface area contributed by atoms with Crippen LogP contribution < -0.4 is 10.2 Å². The van der Waals surface area contributed by atoms with Crippen LogP contribution in [0.25, 0.3) is 0 Å². The molecule has 15 heavy (non-hydrogen) atoms. The van der Waals surface area contributed by atoms with Crippen molar-refractivity contribution in [3.8, 4) is 0 Å². The molecule has 1 unspecified atom stereocenters. The molecule has 5 heteroatoms. The minimum atomic E-state index is -0.311. The van der Waals surface area contributed by atoms with Crippen molar-refractivity contribution in [1.29, 1.82) is 0 Å². The van der Waals surface area contributed by atoms with Crippen LogP contribution >= 0.6 is 15.9 Å². The maximum absolute atomic E-state index is 13.3. The maximum atomic E-state index is 13.3. The summed E-state index contributed by atoms with van der Waals surface area (Å²) < 4.78 is 13.6. The van der Waals surface area contributed by atoms with Crippen molar-refractivity contribution in [2.45, 2.75) is 19.0 Å². The molecule has 1 N–H and O–H groups in total. The van der Waals surface area contributed by atoms with Crippen LogP contribution in [0, 0.1) is 5.82 Å². The van der Waals surface area contributed by atoms with Crippen molar-refractivity contribution in [3.63, 3.8) is 0 Å². The molecule has 2 rings (SSSR count). The number of nitrogens with one attached hydrogen (secondary N) is 1. The van der Waals surface area contributed by atoms with Crippen LogP contribution in [0.15, 0.2) is 16.9 Å². The Kier molecular flexibility index (Phi) is 3.21. The zero-order valence-corrected chi connectivity index (χ0v) is 10.1. The van der Waals surface area contributed by atoms with Crippen LogP contribution in [0.4, 0.5) is 10.1 Å². The molecule has 0 radical (unpaired) electrons. The first kappa shape index (κ1) is 10.8. The molecular formula is C10H13BrFN3. The Morgan fingerprint density at radius 2 is 2.47 bits per heavy atom. The lowest BCUT2D eigenvalue weighted by atomic mass is 10.3. The number of hydrogen-bond acceptors (Lipinski definition) is 3. The molecule has 0 saturated carbocycles. The van der Waals surface area contributed by atoms with E-state index in [4.69, 9.17) is 0 Å². The molecular weight excluding hydrogens is 261 g/mol. The lowest BCUT2D eigenvalue weighted by Crippen LogP contribution is -2.39. The molecule has 82 valence electrons. The third-order valence-corrected chi connectivity index (χ3v) is 3.28. The Labute approximate surface area is 96.8 Å². The lowest BCUT2D eigenvalue weighted by Gasteiger charge is -2.25. The summed E-state index contributed by atoms with van der Waals surface area (Å²) in [4.78, 5) is 6.11. The molecule has 0 aliphatic carbocycles. The Bertz CT molecular complexity index is 359. The molecule has 0 amide bonds. The highest BCUT2D eigenvalue weighted by Crippen LogP contribution is 2.25. The number of anilines is 1. The van der Waals surface area contributed by atoms with E-state index in [0.717, 1.165) is 25.1 Å². The molecule has 0 aromatic carbocycles. The van der Waals surface area contributed by atoms with Crippen LogP contribution in [0.2, 0.25) is 0 Å². The van der Waals surface area contributed by atoms with Crippen LogP contribution in [-0.2, 0) is 0 Å². The predicted molar refractivity (Wildman–Crippen MR) is 61.3 cm³/mol. The van der Waals surface area contributed by atoms with Gasteiger partial charge in [0.2, 0.25) is 0 Å². The number of hydrogen-bond donors (Lipinski definition) is 1. The highest BCUT2D eigenvalue weighted by atomic mass is 79.9. The van der Waals surface area contributed by atoms with E-state index in [9.17, 15) is 4.39 Å². The average Bonchev–Trinajstić information content (AvgIpc) is 2.70. The smallest absolute Gasteiger partial charge is 0.158 e. The number of rotatable bonds is 2. The SMILES string of the molecule is CNC1CCCN1c1cnc(Br)c(F)c1. The number of nitrogens with zero attached hydrogens (tertiary/aromatic N) is 2. The summed E-state index contributed by atoms with van der Waals surface area (Å²) in [5.74, 6) is -0.311. The van der Waals surface area contributed by atoms with E-state index >= 15 is 0 Å². The van der Waals surface area contributed by atoms with E-state index in [0.29, 0.717) is 6.17 Å². The van der Waals surface area contributed by atoms with Gasteiger partial charge in [0.15, 0.2) is 5.82 Å². The first-order chi connectivity index (χ1) is 7.22. The fourth-order valence-electron chi connectivity index (χ4n) is 1.94. The quantitative estimate of drug-likeness (QED) is 0.837. The minimum Gasteiger partial charge on any atom is -0.355 e. The van der Waals surface area contributed by atoms with Gasteiger partial charge in [0.25, 0.3) is 0 Å². The molecule has 0 bridgehead atoms. The summed E-state index contributed by atoms with van der Waals surface area (Å²) in [6.45, 7) is 0.953. The molecule has 1 saturated heterocycles. The van der Waals surface area contributed by atoms with E-state index in [2.05, 4.69) is 31.1 Å². The van der Waals surface area contributed by atoms with Gasteiger partial charge in [-0.15, -0.1) is 0 Å². The third kappa shape index (κ3) is 2.13. The molecule has 1 atom stereocenters. The van der Waals surface area contributed by atoms with Crippen molar-refractivity contribution >= 4 is 21.6 Å². The summed E-state index contributed by atoms with van der Waals surface area (Å²) in [7, 11) is 1.92. The van der Waals surface area contributed by atoms with Gasteiger partial charge in [-0.3, -0.25) is 0 Å². The molecule has 2 heterocycles. The minimum absolute atomic E-state index is 0.270. The van der Waals surface area contributed by atoms with Crippen LogP contribution in [-0.4, -0.2) is 24.7 Å². The van der Waals surface area contributed by atoms with E-state index in [1.54, 1.807) is 6.20 Å². The number of aromatic nitrogens is 1. The van der Waals surface area contributed by atoms with Crippen molar-refractivity contribution in [2.24, 2.45) is 0 Å². The second-order valence-electron chi connectivity index (χ2n) is 3.61. The van der Waals surface area contributed by atoms with Gasteiger partial charge in [-0.2, -0.15) is 0 Å². The summed E-state index contributed by atoms with van der Waals surface area (Å²) in [5.41, 5.74) is 0.840. The monoisotopic (exact) mass is 273 g/mol. The van der Waals surface area contributed by atoms with Gasteiger partial charge in [-0.05, 0) is 35.8 Å². The Morgan fingerprint density at radius 1 is 1.67 bits per heavy atom. The van der Waals surface area contributed by atoms with E-state index in [-0.39, 0.29) is 10.4 Å². The molecule has 3 nitrogen and oxygen atoms in total. The summed E-state index contributed by atoms with van der Waals surface area (Å²) >= 11 is 3.05. The summed E-state index contributed by atoms with van der Waals surface area (Å²) in [6, 6.07) is 1.52. The standard InChI is InChI=1S/C10H13BrFN3/c1-13-9-3-2-4-15(9)7-5-8(12)10(11)14-6-7/h5-6,9,13H,2-4H2,1H3. The first-order valence-corrected chi connectivity index (χ1v) is 5.76. The lowest BCUT2D eigenvalue weighted by molar-refractivity contribution is 0.576. The molecule has 1 aromatic heterocycles. The van der Waals surface area contributed by atoms with Crippen LogP contribution in [0.1, 0.15) is 12.8 Å². The van der Waals surface area contributed by atoms with E-state index in [1.165, 1.54) is 6.07 Å². The van der Waals surface area contributed by atoms with Gasteiger partial charge in [-0.1, -0.05) is 0 Å². The maximum Gasteiger partial charge on any atom is 0.158 e. The molecule has 0 spiro atoms. The Balaban J connectivity index is 2.25.